The number of hydrazine groups is 1. The van der Waals surface area contributed by atoms with Crippen molar-refractivity contribution in [3.63, 3.8) is 0 Å². The van der Waals surface area contributed by atoms with Crippen LogP contribution in [0.25, 0.3) is 22.3 Å². The number of ether oxygens (including phenoxy) is 2. The zero-order chi connectivity index (χ0) is 28.3. The van der Waals surface area contributed by atoms with E-state index in [9.17, 15) is 9.18 Å². The van der Waals surface area contributed by atoms with Crippen LogP contribution in [0.1, 0.15) is 34.8 Å². The smallest absolute Gasteiger partial charge is 0.424 e. The molecule has 1 amide bonds. The third-order valence-corrected chi connectivity index (χ3v) is 7.70. The number of carbonyl (C=O) groups is 1. The molecule has 1 saturated heterocycles. The number of fused-ring (bicyclic) bond motifs is 3. The molecule has 0 bridgehead atoms. The normalized spacial score (nSPS) is 22.8. The number of cyclic esters (lactones) is 1. The number of H-pyrrole nitrogens is 2. The van der Waals surface area contributed by atoms with Crippen molar-refractivity contribution in [2.75, 3.05) is 21.2 Å². The molecule has 41 heavy (non-hydrogen) atoms. The predicted octanol–water partition coefficient (Wildman–Crippen LogP) is 3.01. The van der Waals surface area contributed by atoms with E-state index in [2.05, 4.69) is 35.4 Å². The van der Waals surface area contributed by atoms with Crippen LogP contribution in [0.15, 0.2) is 53.3 Å². The molecule has 1 aromatic carbocycles. The molecule has 13 nitrogen and oxygen atoms in total. The Kier molecular flexibility index (Phi) is 5.85. The predicted molar refractivity (Wildman–Crippen MR) is 141 cm³/mol. The topological polar surface area (TPSA) is 150 Å². The maximum Gasteiger partial charge on any atom is 0.426 e. The number of pyridine rings is 1. The van der Waals surface area contributed by atoms with Gasteiger partial charge in [-0.15, -0.1) is 0 Å². The van der Waals surface area contributed by atoms with E-state index in [-0.39, 0.29) is 18.3 Å². The number of hydrogen-bond acceptors (Lipinski definition) is 10. The third kappa shape index (κ3) is 3.90. The van der Waals surface area contributed by atoms with Crippen LogP contribution in [-0.2, 0) is 28.0 Å². The van der Waals surface area contributed by atoms with Crippen molar-refractivity contribution in [3.8, 4) is 11.4 Å². The second-order valence-corrected chi connectivity index (χ2v) is 10.1. The van der Waals surface area contributed by atoms with Gasteiger partial charge < -0.3 is 24.0 Å². The summed E-state index contributed by atoms with van der Waals surface area (Å²) in [5, 5.41) is 12.1. The number of nitrogens with one attached hydrogen (secondary N) is 3. The van der Waals surface area contributed by atoms with E-state index in [0.29, 0.717) is 23.6 Å². The van der Waals surface area contributed by atoms with Gasteiger partial charge >= 0.3 is 6.09 Å². The first-order chi connectivity index (χ1) is 19.9. The summed E-state index contributed by atoms with van der Waals surface area (Å²) in [6.07, 6.45) is 1.92. The van der Waals surface area contributed by atoms with Crippen LogP contribution in [0.2, 0.25) is 0 Å². The van der Waals surface area contributed by atoms with Crippen molar-refractivity contribution in [2.45, 2.75) is 30.8 Å². The number of carbonyl (C=O) groups excluding carboxylic acids is 1. The Morgan fingerprint density at radius 3 is 2.76 bits per heavy atom. The molecule has 1 fully saturated rings. The van der Waals surface area contributed by atoms with Crippen molar-refractivity contribution in [1.29, 1.82) is 0 Å². The van der Waals surface area contributed by atoms with Crippen LogP contribution < -0.4 is 5.32 Å². The number of halogens is 1. The van der Waals surface area contributed by atoms with Gasteiger partial charge in [0, 0.05) is 32.1 Å². The Morgan fingerprint density at radius 1 is 1.15 bits per heavy atom. The van der Waals surface area contributed by atoms with E-state index in [1.807, 2.05) is 24.3 Å². The molecule has 2 aliphatic rings. The van der Waals surface area contributed by atoms with Crippen LogP contribution in [0.3, 0.4) is 0 Å². The molecule has 2 aliphatic heterocycles. The summed E-state index contributed by atoms with van der Waals surface area (Å²) in [5.74, 6) is 0.708. The van der Waals surface area contributed by atoms with Gasteiger partial charge in [0.2, 0.25) is 12.1 Å². The van der Waals surface area contributed by atoms with E-state index in [0.717, 1.165) is 28.4 Å². The Bertz CT molecular complexity index is 1750. The minimum Gasteiger partial charge on any atom is -0.424 e. The fourth-order valence-corrected chi connectivity index (χ4v) is 5.68. The zero-order valence-corrected chi connectivity index (χ0v) is 22.4. The van der Waals surface area contributed by atoms with Crippen LogP contribution in [-0.4, -0.2) is 73.6 Å². The summed E-state index contributed by atoms with van der Waals surface area (Å²) in [6, 6.07) is 10.5. The molecule has 3 atom stereocenters. The SMILES string of the molecule is COCc1nc(C2(C3OC(=O)N(C)N3C)NC(c3ncc(-c4ccc(F)cn4)[nH]3)Cc3c2[nH]c2ccccc32)no1. The van der Waals surface area contributed by atoms with Crippen LogP contribution in [0, 0.1) is 5.82 Å². The first-order valence-corrected chi connectivity index (χ1v) is 12.9. The number of likely N-dealkylation sites (N-methyl/N-ethyl adjacent to an activating group) is 1. The number of aromatic amines is 2. The maximum absolute atomic E-state index is 13.5. The lowest BCUT2D eigenvalue weighted by Gasteiger charge is -2.43. The highest BCUT2D eigenvalue weighted by molar-refractivity contribution is 5.86. The zero-order valence-electron chi connectivity index (χ0n) is 22.4. The number of hydrogen-bond donors (Lipinski definition) is 3. The highest BCUT2D eigenvalue weighted by Gasteiger charge is 2.59. The second kappa shape index (κ2) is 9.47. The molecule has 0 spiro atoms. The second-order valence-electron chi connectivity index (χ2n) is 10.1. The van der Waals surface area contributed by atoms with Gasteiger partial charge in [0.15, 0.2) is 5.54 Å². The van der Waals surface area contributed by atoms with Crippen molar-refractivity contribution >= 4 is 17.0 Å². The summed E-state index contributed by atoms with van der Waals surface area (Å²) in [7, 11) is 4.92. The van der Waals surface area contributed by atoms with Crippen molar-refractivity contribution in [1.82, 2.24) is 45.4 Å². The van der Waals surface area contributed by atoms with E-state index in [1.54, 1.807) is 31.4 Å². The first kappa shape index (κ1) is 25.3. The Labute approximate surface area is 232 Å². The number of benzene rings is 1. The summed E-state index contributed by atoms with van der Waals surface area (Å²) < 4.78 is 30.3. The summed E-state index contributed by atoms with van der Waals surface area (Å²) >= 11 is 0. The highest BCUT2D eigenvalue weighted by atomic mass is 19.1. The fourth-order valence-electron chi connectivity index (χ4n) is 5.68. The quantitative estimate of drug-likeness (QED) is 0.283. The summed E-state index contributed by atoms with van der Waals surface area (Å²) in [5.41, 5.74) is 2.49. The van der Waals surface area contributed by atoms with Gasteiger partial charge in [0.05, 0.1) is 35.5 Å². The van der Waals surface area contributed by atoms with Crippen LogP contribution in [0.5, 0.6) is 0 Å². The highest BCUT2D eigenvalue weighted by Crippen LogP contribution is 2.46. The lowest BCUT2D eigenvalue weighted by molar-refractivity contribution is -0.0489. The minimum atomic E-state index is -1.32. The standard InChI is InChI=1S/C27H26FN9O4/c1-36-25(40-26(38)37(36)2)27(24-33-21(13-39-3)41-35-24)22-16(15-6-4-5-7-17(15)31-22)10-19(34-27)23-30-12-20(32-23)18-9-8-14(28)11-29-18/h4-9,11-12,19,25,31,34H,10,13H2,1-3H3,(H,30,32). The number of aromatic nitrogens is 6. The minimum absolute atomic E-state index is 0.110. The molecule has 7 rings (SSSR count). The summed E-state index contributed by atoms with van der Waals surface area (Å²) in [6.45, 7) is 0.110. The molecule has 14 heteroatoms. The van der Waals surface area contributed by atoms with E-state index < -0.39 is 29.7 Å². The number of para-hydroxylation sites is 1. The third-order valence-electron chi connectivity index (χ3n) is 7.70. The van der Waals surface area contributed by atoms with Crippen molar-refractivity contribution in [2.24, 2.45) is 0 Å². The molecule has 3 unspecified atom stereocenters. The van der Waals surface area contributed by atoms with Gasteiger partial charge in [-0.05, 0) is 30.2 Å². The van der Waals surface area contributed by atoms with Gasteiger partial charge in [0.1, 0.15) is 18.2 Å². The number of amides is 1. The summed E-state index contributed by atoms with van der Waals surface area (Å²) in [4.78, 5) is 33.2. The van der Waals surface area contributed by atoms with Gasteiger partial charge in [-0.1, -0.05) is 23.4 Å². The molecule has 3 N–H and O–H groups in total. The number of imidazole rings is 1. The fraction of sp³-hybridized carbons (Fsp3) is 0.296. The van der Waals surface area contributed by atoms with Gasteiger partial charge in [-0.2, -0.15) is 9.99 Å². The Hall–Kier alpha value is -4.66. The molecule has 210 valence electrons. The van der Waals surface area contributed by atoms with Gasteiger partial charge in [-0.25, -0.2) is 19.2 Å². The van der Waals surface area contributed by atoms with E-state index in [1.165, 1.54) is 18.2 Å². The van der Waals surface area contributed by atoms with Gasteiger partial charge in [-0.3, -0.25) is 10.3 Å². The average Bonchev–Trinajstić information content (AvgIpc) is 3.77. The largest absolute Gasteiger partial charge is 0.426 e. The molecular formula is C27H26FN9O4. The van der Waals surface area contributed by atoms with Crippen LogP contribution >= 0.6 is 0 Å². The van der Waals surface area contributed by atoms with Crippen molar-refractivity contribution in [3.05, 3.63) is 83.4 Å². The van der Waals surface area contributed by atoms with Crippen molar-refractivity contribution < 1.29 is 23.2 Å². The molecule has 0 radical (unpaired) electrons. The molecular weight excluding hydrogens is 533 g/mol. The van der Waals surface area contributed by atoms with E-state index in [4.69, 9.17) is 14.0 Å². The average molecular weight is 560 g/mol. The maximum atomic E-state index is 13.5. The first-order valence-electron chi connectivity index (χ1n) is 12.9. The van der Waals surface area contributed by atoms with Gasteiger partial charge in [0.25, 0.3) is 5.89 Å². The molecule has 5 aromatic rings. The Morgan fingerprint density at radius 2 is 2.00 bits per heavy atom. The molecule has 0 saturated carbocycles. The number of rotatable bonds is 6. The lowest BCUT2D eigenvalue weighted by Crippen LogP contribution is -2.62. The van der Waals surface area contributed by atoms with E-state index >= 15 is 0 Å². The molecule has 6 heterocycles. The number of nitrogens with zero attached hydrogens (tertiary/aromatic N) is 6. The monoisotopic (exact) mass is 559 g/mol. The molecule has 0 aliphatic carbocycles. The lowest BCUT2D eigenvalue weighted by atomic mass is 9.81. The Balaban J connectivity index is 1.43. The molecule has 4 aromatic heterocycles. The number of methoxy groups -OCH3 is 1. The van der Waals surface area contributed by atoms with Crippen LogP contribution in [0.4, 0.5) is 9.18 Å².